The van der Waals surface area contributed by atoms with Crippen LogP contribution in [0.2, 0.25) is 0 Å². The van der Waals surface area contributed by atoms with Crippen LogP contribution < -0.4 is 5.32 Å². The normalized spacial score (nSPS) is 11.9. The lowest BCUT2D eigenvalue weighted by molar-refractivity contribution is 0.102. The topological polar surface area (TPSA) is 59.1 Å². The molecule has 1 atom stereocenters. The highest BCUT2D eigenvalue weighted by atomic mass is 32.2. The number of rotatable bonds is 4. The molecule has 1 aromatic carbocycles. The highest BCUT2D eigenvalue weighted by Gasteiger charge is 2.08. The molecule has 0 bridgehead atoms. The molecule has 1 heterocycles. The molecule has 0 radical (unpaired) electrons. The van der Waals surface area contributed by atoms with Crippen LogP contribution in [0.5, 0.6) is 0 Å². The summed E-state index contributed by atoms with van der Waals surface area (Å²) in [6.07, 6.45) is 1.64. The van der Waals surface area contributed by atoms with Crippen LogP contribution in [0, 0.1) is 6.92 Å². The number of carbonyl (C=O) groups excluding carboxylic acids is 1. The summed E-state index contributed by atoms with van der Waals surface area (Å²) in [5.74, 6) is 0.760. The zero-order valence-electron chi connectivity index (χ0n) is 11.4. The zero-order valence-corrected chi connectivity index (χ0v) is 12.2. The minimum absolute atomic E-state index is 0.216. The van der Waals surface area contributed by atoms with Gasteiger partial charge in [0.1, 0.15) is 5.82 Å². The molecule has 0 saturated heterocycles. The highest BCUT2D eigenvalue weighted by Crippen LogP contribution is 2.10. The molecule has 0 aliphatic carbocycles. The lowest BCUT2D eigenvalue weighted by atomic mass is 10.1. The van der Waals surface area contributed by atoms with E-state index in [4.69, 9.17) is 0 Å². The van der Waals surface area contributed by atoms with Gasteiger partial charge >= 0.3 is 0 Å². The number of hydrogen-bond acceptors (Lipinski definition) is 3. The van der Waals surface area contributed by atoms with Gasteiger partial charge in [0, 0.05) is 34.1 Å². The molecule has 1 aromatic heterocycles. The summed E-state index contributed by atoms with van der Waals surface area (Å²) >= 11 is 0. The highest BCUT2D eigenvalue weighted by molar-refractivity contribution is 7.83. The second-order valence-electron chi connectivity index (χ2n) is 4.54. The summed E-state index contributed by atoms with van der Waals surface area (Å²) in [5.41, 5.74) is 2.27. The van der Waals surface area contributed by atoms with Crippen molar-refractivity contribution < 1.29 is 9.00 Å². The predicted molar refractivity (Wildman–Crippen MR) is 81.1 cm³/mol. The third-order valence-electron chi connectivity index (χ3n) is 2.69. The van der Waals surface area contributed by atoms with Crippen molar-refractivity contribution in [1.29, 1.82) is 0 Å². The number of hydrogen-bond donors (Lipinski definition) is 1. The smallest absolute Gasteiger partial charge is 0.256 e. The Balaban J connectivity index is 2.15. The number of nitrogens with zero attached hydrogens (tertiary/aromatic N) is 1. The number of anilines is 1. The largest absolute Gasteiger partial charge is 0.307 e. The van der Waals surface area contributed by atoms with E-state index in [1.165, 1.54) is 0 Å². The quantitative estimate of drug-likeness (QED) is 0.940. The number of carbonyl (C=O) groups is 1. The van der Waals surface area contributed by atoms with Crippen LogP contribution in [-0.4, -0.2) is 21.4 Å². The summed E-state index contributed by atoms with van der Waals surface area (Å²) in [6.45, 7) is 1.87. The molecule has 1 N–H and O–H groups in total. The van der Waals surface area contributed by atoms with Crippen molar-refractivity contribution in [3.05, 3.63) is 59.3 Å². The van der Waals surface area contributed by atoms with E-state index in [0.717, 1.165) is 11.3 Å². The standard InChI is InChI=1S/C15H16N2O2S/c1-11-5-3-8-14(16-11)17-15(18)13-7-4-6-12(9-13)10-20(2)19/h3-9H,10H2,1-2H3,(H,16,17,18). The van der Waals surface area contributed by atoms with Gasteiger partial charge in [-0.3, -0.25) is 9.00 Å². The molecular formula is C15H16N2O2S. The van der Waals surface area contributed by atoms with E-state index in [9.17, 15) is 9.00 Å². The average Bonchev–Trinajstić information content (AvgIpc) is 2.38. The van der Waals surface area contributed by atoms with Crippen LogP contribution in [0.1, 0.15) is 21.6 Å². The molecule has 1 amide bonds. The maximum absolute atomic E-state index is 12.1. The van der Waals surface area contributed by atoms with Gasteiger partial charge in [0.05, 0.1) is 0 Å². The average molecular weight is 288 g/mol. The maximum atomic E-state index is 12.1. The van der Waals surface area contributed by atoms with E-state index in [1.807, 2.05) is 25.1 Å². The van der Waals surface area contributed by atoms with E-state index < -0.39 is 10.8 Å². The minimum atomic E-state index is -0.923. The molecule has 1 unspecified atom stereocenters. The van der Waals surface area contributed by atoms with E-state index >= 15 is 0 Å². The molecule has 5 heteroatoms. The van der Waals surface area contributed by atoms with Gasteiger partial charge in [0.25, 0.3) is 5.91 Å². The number of benzene rings is 1. The molecule has 0 fully saturated rings. The molecule has 2 aromatic rings. The first-order valence-corrected chi connectivity index (χ1v) is 7.91. The molecule has 0 aliphatic heterocycles. The molecule has 104 valence electrons. The molecule has 2 rings (SSSR count). The fourth-order valence-electron chi connectivity index (χ4n) is 1.84. The SMILES string of the molecule is Cc1cccc(NC(=O)c2cccc(CS(C)=O)c2)n1. The van der Waals surface area contributed by atoms with E-state index in [1.54, 1.807) is 30.5 Å². The van der Waals surface area contributed by atoms with Crippen LogP contribution in [-0.2, 0) is 16.6 Å². The first kappa shape index (κ1) is 14.4. The number of aryl methyl sites for hydroxylation is 1. The van der Waals surface area contributed by atoms with Gasteiger partial charge < -0.3 is 5.32 Å². The molecule has 20 heavy (non-hydrogen) atoms. The van der Waals surface area contributed by atoms with Crippen LogP contribution in [0.15, 0.2) is 42.5 Å². The van der Waals surface area contributed by atoms with Crippen molar-refractivity contribution in [2.75, 3.05) is 11.6 Å². The lowest BCUT2D eigenvalue weighted by Gasteiger charge is -2.06. The summed E-state index contributed by atoms with van der Waals surface area (Å²) in [6, 6.07) is 12.6. The Hall–Kier alpha value is -2.01. The third kappa shape index (κ3) is 3.99. The second-order valence-corrected chi connectivity index (χ2v) is 5.97. The van der Waals surface area contributed by atoms with Gasteiger partial charge in [-0.1, -0.05) is 18.2 Å². The van der Waals surface area contributed by atoms with Crippen LogP contribution in [0.25, 0.3) is 0 Å². The van der Waals surface area contributed by atoms with Crippen LogP contribution >= 0.6 is 0 Å². The maximum Gasteiger partial charge on any atom is 0.256 e. The van der Waals surface area contributed by atoms with Gasteiger partial charge in [-0.15, -0.1) is 0 Å². The summed E-state index contributed by atoms with van der Waals surface area (Å²) in [7, 11) is -0.923. The van der Waals surface area contributed by atoms with Gasteiger partial charge in [0.2, 0.25) is 0 Å². The Labute approximate surface area is 120 Å². The third-order valence-corrected chi connectivity index (χ3v) is 3.43. The Bertz CT molecular complexity index is 656. The Kier molecular flexibility index (Phi) is 4.63. The monoisotopic (exact) mass is 288 g/mol. The summed E-state index contributed by atoms with van der Waals surface area (Å²) < 4.78 is 11.2. The van der Waals surface area contributed by atoms with Gasteiger partial charge in [-0.2, -0.15) is 0 Å². The van der Waals surface area contributed by atoms with Gasteiger partial charge in [-0.25, -0.2) is 4.98 Å². The second kappa shape index (κ2) is 6.43. The fourth-order valence-corrected chi connectivity index (χ4v) is 2.49. The minimum Gasteiger partial charge on any atom is -0.307 e. The molecular weight excluding hydrogens is 272 g/mol. The Morgan fingerprint density at radius 1 is 1.25 bits per heavy atom. The number of amides is 1. The molecule has 4 nitrogen and oxygen atoms in total. The van der Waals surface area contributed by atoms with Crippen molar-refractivity contribution in [2.24, 2.45) is 0 Å². The first-order valence-electron chi connectivity index (χ1n) is 6.18. The molecule has 0 spiro atoms. The van der Waals surface area contributed by atoms with Crippen molar-refractivity contribution in [3.63, 3.8) is 0 Å². The van der Waals surface area contributed by atoms with E-state index in [2.05, 4.69) is 10.3 Å². The first-order chi connectivity index (χ1) is 9.54. The van der Waals surface area contributed by atoms with Crippen molar-refractivity contribution in [3.8, 4) is 0 Å². The Morgan fingerprint density at radius 3 is 2.70 bits per heavy atom. The lowest BCUT2D eigenvalue weighted by Crippen LogP contribution is -2.13. The van der Waals surface area contributed by atoms with Gasteiger partial charge in [-0.05, 0) is 36.8 Å². The summed E-state index contributed by atoms with van der Waals surface area (Å²) in [4.78, 5) is 16.4. The zero-order chi connectivity index (χ0) is 14.5. The van der Waals surface area contributed by atoms with E-state index in [0.29, 0.717) is 17.1 Å². The van der Waals surface area contributed by atoms with Crippen molar-refractivity contribution >= 4 is 22.5 Å². The van der Waals surface area contributed by atoms with Gasteiger partial charge in [0.15, 0.2) is 0 Å². The van der Waals surface area contributed by atoms with Crippen LogP contribution in [0.4, 0.5) is 5.82 Å². The van der Waals surface area contributed by atoms with E-state index in [-0.39, 0.29) is 5.91 Å². The number of pyridine rings is 1. The molecule has 0 saturated carbocycles. The fraction of sp³-hybridized carbons (Fsp3) is 0.200. The van der Waals surface area contributed by atoms with Crippen molar-refractivity contribution in [1.82, 2.24) is 4.98 Å². The number of aromatic nitrogens is 1. The number of nitrogens with one attached hydrogen (secondary N) is 1. The molecule has 0 aliphatic rings. The van der Waals surface area contributed by atoms with Crippen molar-refractivity contribution in [2.45, 2.75) is 12.7 Å². The predicted octanol–water partition coefficient (Wildman–Crippen LogP) is 2.52. The Morgan fingerprint density at radius 2 is 2.00 bits per heavy atom. The van der Waals surface area contributed by atoms with Crippen LogP contribution in [0.3, 0.4) is 0 Å². The summed E-state index contributed by atoms with van der Waals surface area (Å²) in [5, 5.41) is 2.75.